The lowest BCUT2D eigenvalue weighted by molar-refractivity contribution is -0.118. The highest BCUT2D eigenvalue weighted by Crippen LogP contribution is 2.32. The summed E-state index contributed by atoms with van der Waals surface area (Å²) < 4.78 is 0. The second-order valence-electron chi connectivity index (χ2n) is 4.71. The maximum atomic E-state index is 11.7. The summed E-state index contributed by atoms with van der Waals surface area (Å²) >= 11 is 7.10. The number of nitrogens with one attached hydrogen (secondary N) is 1. The Bertz CT molecular complexity index is 478. The summed E-state index contributed by atoms with van der Waals surface area (Å²) in [6.45, 7) is 0. The van der Waals surface area contributed by atoms with Crippen molar-refractivity contribution in [1.82, 2.24) is 5.32 Å². The molecule has 1 heterocycles. The maximum Gasteiger partial charge on any atom is 0.245 e. The fourth-order valence-corrected chi connectivity index (χ4v) is 3.32. The largest absolute Gasteiger partial charge is 0.386 e. The molecule has 2 N–H and O–H groups in total. The standard InChI is InChI=1S/C15H18ClNO2S/c16-9-5-4-8-12-15(19)13(10-14(18)17-12)20-11-6-2-1-3-7-11/h1-3,6-7,10,12,15,19H,4-5,8-9H2,(H,17,18)/t12-,15-/m0/s1. The number of amides is 1. The first-order valence-electron chi connectivity index (χ1n) is 6.69. The Morgan fingerprint density at radius 2 is 2.00 bits per heavy atom. The van der Waals surface area contributed by atoms with E-state index in [1.165, 1.54) is 17.8 Å². The van der Waals surface area contributed by atoms with E-state index in [4.69, 9.17) is 11.6 Å². The van der Waals surface area contributed by atoms with Gasteiger partial charge in [-0.2, -0.15) is 0 Å². The van der Waals surface area contributed by atoms with Crippen molar-refractivity contribution in [3.8, 4) is 0 Å². The zero-order chi connectivity index (χ0) is 14.4. The van der Waals surface area contributed by atoms with Crippen LogP contribution in [0.2, 0.25) is 0 Å². The van der Waals surface area contributed by atoms with E-state index in [1.807, 2.05) is 30.3 Å². The second kappa shape index (κ2) is 7.72. The Morgan fingerprint density at radius 1 is 1.25 bits per heavy atom. The topological polar surface area (TPSA) is 49.3 Å². The van der Waals surface area contributed by atoms with Gasteiger partial charge < -0.3 is 10.4 Å². The Morgan fingerprint density at radius 3 is 2.70 bits per heavy atom. The van der Waals surface area contributed by atoms with Gasteiger partial charge in [-0.3, -0.25) is 4.79 Å². The van der Waals surface area contributed by atoms with Crippen molar-refractivity contribution >= 4 is 29.3 Å². The highest BCUT2D eigenvalue weighted by atomic mass is 35.5. The average molecular weight is 312 g/mol. The van der Waals surface area contributed by atoms with Crippen LogP contribution in [0, 0.1) is 0 Å². The molecular weight excluding hydrogens is 294 g/mol. The van der Waals surface area contributed by atoms with E-state index < -0.39 is 6.10 Å². The summed E-state index contributed by atoms with van der Waals surface area (Å²) in [5.74, 6) is 0.475. The Balaban J connectivity index is 2.02. The molecule has 0 radical (unpaired) electrons. The number of aliphatic hydroxyl groups is 1. The molecular formula is C15H18ClNO2S. The lowest BCUT2D eigenvalue weighted by atomic mass is 10.0. The molecule has 0 fully saturated rings. The monoisotopic (exact) mass is 311 g/mol. The van der Waals surface area contributed by atoms with Crippen LogP contribution in [0.4, 0.5) is 0 Å². The van der Waals surface area contributed by atoms with E-state index >= 15 is 0 Å². The molecule has 5 heteroatoms. The van der Waals surface area contributed by atoms with Crippen molar-refractivity contribution in [2.45, 2.75) is 36.3 Å². The van der Waals surface area contributed by atoms with Crippen LogP contribution in [0.25, 0.3) is 0 Å². The first-order valence-corrected chi connectivity index (χ1v) is 8.05. The van der Waals surface area contributed by atoms with Gasteiger partial charge in [0.2, 0.25) is 5.91 Å². The second-order valence-corrected chi connectivity index (χ2v) is 6.23. The fourth-order valence-electron chi connectivity index (χ4n) is 2.12. The van der Waals surface area contributed by atoms with E-state index in [1.54, 1.807) is 0 Å². The number of carbonyl (C=O) groups is 1. The van der Waals surface area contributed by atoms with Crippen molar-refractivity contribution in [2.24, 2.45) is 0 Å². The van der Waals surface area contributed by atoms with Gasteiger partial charge in [0, 0.05) is 21.8 Å². The number of hydrogen-bond donors (Lipinski definition) is 2. The third-order valence-corrected chi connectivity index (χ3v) is 4.52. The first kappa shape index (κ1) is 15.4. The molecule has 0 saturated heterocycles. The number of alkyl halides is 1. The summed E-state index contributed by atoms with van der Waals surface area (Å²) in [6, 6.07) is 9.53. The molecule has 1 aliphatic heterocycles. The van der Waals surface area contributed by atoms with Gasteiger partial charge in [0.15, 0.2) is 0 Å². The molecule has 1 aliphatic rings. The molecule has 0 saturated carbocycles. The van der Waals surface area contributed by atoms with E-state index in [9.17, 15) is 9.90 Å². The normalized spacial score (nSPS) is 22.3. The summed E-state index contributed by atoms with van der Waals surface area (Å²) in [5, 5.41) is 13.2. The van der Waals surface area contributed by atoms with Crippen LogP contribution in [-0.4, -0.2) is 29.0 Å². The van der Waals surface area contributed by atoms with Gasteiger partial charge in [0.25, 0.3) is 0 Å². The summed E-state index contributed by atoms with van der Waals surface area (Å²) in [5.41, 5.74) is 0. The third-order valence-electron chi connectivity index (χ3n) is 3.15. The number of unbranched alkanes of at least 4 members (excludes halogenated alkanes) is 1. The highest BCUT2D eigenvalue weighted by molar-refractivity contribution is 8.03. The first-order chi connectivity index (χ1) is 9.70. The highest BCUT2D eigenvalue weighted by Gasteiger charge is 2.29. The molecule has 2 rings (SSSR count). The Hall–Kier alpha value is -0.970. The van der Waals surface area contributed by atoms with Gasteiger partial charge in [-0.25, -0.2) is 0 Å². The molecule has 1 aromatic rings. The number of thioether (sulfide) groups is 1. The molecule has 3 nitrogen and oxygen atoms in total. The quantitative estimate of drug-likeness (QED) is 0.627. The zero-order valence-corrected chi connectivity index (χ0v) is 12.7. The van der Waals surface area contributed by atoms with Gasteiger partial charge in [0.05, 0.1) is 6.04 Å². The summed E-state index contributed by atoms with van der Waals surface area (Å²) in [6.07, 6.45) is 3.38. The predicted molar refractivity (Wildman–Crippen MR) is 82.9 cm³/mol. The number of carbonyl (C=O) groups excluding carboxylic acids is 1. The number of rotatable bonds is 6. The molecule has 0 aromatic heterocycles. The van der Waals surface area contributed by atoms with Gasteiger partial charge >= 0.3 is 0 Å². The molecule has 0 unspecified atom stereocenters. The van der Waals surface area contributed by atoms with E-state index in [0.29, 0.717) is 10.8 Å². The maximum absolute atomic E-state index is 11.7. The van der Waals surface area contributed by atoms with Crippen LogP contribution in [0.1, 0.15) is 19.3 Å². The average Bonchev–Trinajstić information content (AvgIpc) is 2.45. The predicted octanol–water partition coefficient (Wildman–Crippen LogP) is 2.93. The molecule has 108 valence electrons. The summed E-state index contributed by atoms with van der Waals surface area (Å²) in [4.78, 5) is 13.4. The van der Waals surface area contributed by atoms with Gasteiger partial charge in [0.1, 0.15) is 6.10 Å². The molecule has 0 bridgehead atoms. The minimum Gasteiger partial charge on any atom is -0.386 e. The SMILES string of the molecule is O=C1C=C(Sc2ccccc2)[C@@H](O)[C@H](CCCCCl)N1. The summed E-state index contributed by atoms with van der Waals surface area (Å²) in [7, 11) is 0. The van der Waals surface area contributed by atoms with Crippen molar-refractivity contribution in [1.29, 1.82) is 0 Å². The van der Waals surface area contributed by atoms with Crippen LogP contribution in [0.5, 0.6) is 0 Å². The molecule has 20 heavy (non-hydrogen) atoms. The van der Waals surface area contributed by atoms with Crippen LogP contribution >= 0.6 is 23.4 Å². The molecule has 0 spiro atoms. The van der Waals surface area contributed by atoms with Gasteiger partial charge in [-0.05, 0) is 25.0 Å². The number of benzene rings is 1. The number of hydrogen-bond acceptors (Lipinski definition) is 3. The van der Waals surface area contributed by atoms with E-state index in [2.05, 4.69) is 5.32 Å². The van der Waals surface area contributed by atoms with Crippen molar-refractivity contribution in [3.05, 3.63) is 41.3 Å². The Labute approximate surface area is 128 Å². The van der Waals surface area contributed by atoms with Crippen molar-refractivity contribution in [3.63, 3.8) is 0 Å². The molecule has 1 aromatic carbocycles. The Kier molecular flexibility index (Phi) is 5.95. The lowest BCUT2D eigenvalue weighted by Gasteiger charge is -2.29. The minimum absolute atomic E-state index is 0.135. The van der Waals surface area contributed by atoms with E-state index in [0.717, 1.165) is 24.2 Å². The number of aliphatic hydroxyl groups excluding tert-OH is 1. The van der Waals surface area contributed by atoms with Crippen LogP contribution < -0.4 is 5.32 Å². The van der Waals surface area contributed by atoms with Crippen molar-refractivity contribution in [2.75, 3.05) is 5.88 Å². The lowest BCUT2D eigenvalue weighted by Crippen LogP contribution is -2.46. The van der Waals surface area contributed by atoms with Crippen LogP contribution in [0.3, 0.4) is 0 Å². The van der Waals surface area contributed by atoms with E-state index in [-0.39, 0.29) is 11.9 Å². The molecule has 0 aliphatic carbocycles. The third kappa shape index (κ3) is 4.27. The van der Waals surface area contributed by atoms with Crippen LogP contribution in [0.15, 0.2) is 46.2 Å². The smallest absolute Gasteiger partial charge is 0.245 e. The van der Waals surface area contributed by atoms with Gasteiger partial charge in [-0.15, -0.1) is 11.6 Å². The molecule has 2 atom stereocenters. The van der Waals surface area contributed by atoms with Crippen LogP contribution in [-0.2, 0) is 4.79 Å². The van der Waals surface area contributed by atoms with Crippen molar-refractivity contribution < 1.29 is 9.90 Å². The number of halogens is 1. The molecule has 1 amide bonds. The van der Waals surface area contributed by atoms with Gasteiger partial charge in [-0.1, -0.05) is 36.4 Å². The zero-order valence-electron chi connectivity index (χ0n) is 11.1. The minimum atomic E-state index is -0.645. The fraction of sp³-hybridized carbons (Fsp3) is 0.400.